The van der Waals surface area contributed by atoms with Gasteiger partial charge >= 0.3 is 5.97 Å². The van der Waals surface area contributed by atoms with Crippen LogP contribution in [0.4, 0.5) is 0 Å². The van der Waals surface area contributed by atoms with Crippen molar-refractivity contribution in [1.82, 2.24) is 9.80 Å². The third-order valence-corrected chi connectivity index (χ3v) is 4.22. The van der Waals surface area contributed by atoms with Crippen molar-refractivity contribution in [3.05, 3.63) is 23.3 Å². The minimum atomic E-state index is -0.450. The number of hydrogen-bond donors (Lipinski definition) is 0. The molecule has 116 valence electrons. The number of esters is 1. The van der Waals surface area contributed by atoms with Crippen molar-refractivity contribution < 1.29 is 14.3 Å². The van der Waals surface area contributed by atoms with Crippen molar-refractivity contribution >= 4 is 40.2 Å². The summed E-state index contributed by atoms with van der Waals surface area (Å²) in [4.78, 5) is 27.5. The fourth-order valence-electron chi connectivity index (χ4n) is 1.67. The molecule has 1 fully saturated rings. The van der Waals surface area contributed by atoms with E-state index in [-0.39, 0.29) is 19.1 Å². The highest BCUT2D eigenvalue weighted by atomic mass is 32.2. The molecule has 1 amide bonds. The van der Waals surface area contributed by atoms with E-state index in [9.17, 15) is 9.59 Å². The maximum atomic E-state index is 12.2. The molecule has 0 aliphatic carbocycles. The SMILES string of the molecule is CCOC(=O)CN1C(=O)/C(=C\C=C\N(CC)CC)SC1=S. The van der Waals surface area contributed by atoms with Crippen LogP contribution in [0.25, 0.3) is 0 Å². The number of amides is 1. The lowest BCUT2D eigenvalue weighted by Gasteiger charge is -2.14. The first-order valence-corrected chi connectivity index (χ1v) is 8.07. The van der Waals surface area contributed by atoms with Crippen molar-refractivity contribution in [2.45, 2.75) is 20.8 Å². The number of nitrogens with zero attached hydrogens (tertiary/aromatic N) is 2. The van der Waals surface area contributed by atoms with Gasteiger partial charge in [-0.15, -0.1) is 0 Å². The normalized spacial score (nSPS) is 17.1. The molecule has 7 heteroatoms. The quantitative estimate of drug-likeness (QED) is 0.405. The minimum Gasteiger partial charge on any atom is -0.465 e. The lowest BCUT2D eigenvalue weighted by atomic mass is 10.4. The van der Waals surface area contributed by atoms with Crippen LogP contribution in [0.1, 0.15) is 20.8 Å². The molecule has 1 saturated heterocycles. The van der Waals surface area contributed by atoms with Gasteiger partial charge in [0.15, 0.2) is 0 Å². The maximum absolute atomic E-state index is 12.2. The van der Waals surface area contributed by atoms with E-state index in [0.29, 0.717) is 9.23 Å². The third kappa shape index (κ3) is 5.17. The maximum Gasteiger partial charge on any atom is 0.326 e. The molecule has 21 heavy (non-hydrogen) atoms. The standard InChI is InChI=1S/C14H20N2O3S2/c1-4-15(5-2)9-7-8-11-13(18)16(14(20)21-11)10-12(17)19-6-3/h7-9H,4-6,10H2,1-3H3/b9-7+,11-8+. The van der Waals surface area contributed by atoms with Crippen LogP contribution in [0.15, 0.2) is 23.3 Å². The van der Waals surface area contributed by atoms with Gasteiger partial charge in [0.1, 0.15) is 10.9 Å². The van der Waals surface area contributed by atoms with Gasteiger partial charge in [0.2, 0.25) is 0 Å². The van der Waals surface area contributed by atoms with E-state index in [1.807, 2.05) is 12.3 Å². The van der Waals surface area contributed by atoms with Crippen molar-refractivity contribution in [1.29, 1.82) is 0 Å². The van der Waals surface area contributed by atoms with Gasteiger partial charge in [-0.3, -0.25) is 14.5 Å². The second-order valence-corrected chi connectivity index (χ2v) is 5.83. The molecule has 1 aliphatic heterocycles. The molecule has 0 N–H and O–H groups in total. The fraction of sp³-hybridized carbons (Fsp3) is 0.500. The predicted octanol–water partition coefficient (Wildman–Crippen LogP) is 2.15. The topological polar surface area (TPSA) is 49.9 Å². The van der Waals surface area contributed by atoms with Crippen LogP contribution in [0, 0.1) is 0 Å². The molecule has 5 nitrogen and oxygen atoms in total. The highest BCUT2D eigenvalue weighted by molar-refractivity contribution is 8.26. The third-order valence-electron chi connectivity index (χ3n) is 2.82. The van der Waals surface area contributed by atoms with Crippen molar-refractivity contribution in [3.8, 4) is 0 Å². The Hall–Kier alpha value is -1.34. The molecule has 1 rings (SSSR count). The first-order valence-electron chi connectivity index (χ1n) is 6.85. The highest BCUT2D eigenvalue weighted by Crippen LogP contribution is 2.30. The molecule has 0 saturated carbocycles. The van der Waals surface area contributed by atoms with Gasteiger partial charge in [0.05, 0.1) is 11.5 Å². The number of carbonyl (C=O) groups is 2. The van der Waals surface area contributed by atoms with Crippen LogP contribution < -0.4 is 0 Å². The van der Waals surface area contributed by atoms with Crippen LogP contribution in [-0.2, 0) is 14.3 Å². The zero-order valence-electron chi connectivity index (χ0n) is 12.5. The summed E-state index contributed by atoms with van der Waals surface area (Å²) >= 11 is 6.33. The lowest BCUT2D eigenvalue weighted by molar-refractivity contribution is -0.145. The number of ether oxygens (including phenoxy) is 1. The molecule has 0 radical (unpaired) electrons. The Morgan fingerprint density at radius 3 is 2.62 bits per heavy atom. The summed E-state index contributed by atoms with van der Waals surface area (Å²) in [6.07, 6.45) is 5.48. The van der Waals surface area contributed by atoms with Crippen LogP contribution in [0.2, 0.25) is 0 Å². The molecule has 1 aliphatic rings. The zero-order chi connectivity index (χ0) is 15.8. The van der Waals surface area contributed by atoms with Gasteiger partial charge in [0, 0.05) is 13.1 Å². The first kappa shape index (κ1) is 17.7. The molecule has 0 aromatic carbocycles. The minimum absolute atomic E-state index is 0.129. The van der Waals surface area contributed by atoms with Gasteiger partial charge in [0.25, 0.3) is 5.91 Å². The van der Waals surface area contributed by atoms with E-state index in [0.717, 1.165) is 13.1 Å². The lowest BCUT2D eigenvalue weighted by Crippen LogP contribution is -2.34. The largest absolute Gasteiger partial charge is 0.465 e. The van der Waals surface area contributed by atoms with E-state index >= 15 is 0 Å². The Labute approximate surface area is 135 Å². The summed E-state index contributed by atoms with van der Waals surface area (Å²) in [5, 5.41) is 0. The summed E-state index contributed by atoms with van der Waals surface area (Å²) in [6, 6.07) is 0. The van der Waals surface area contributed by atoms with Gasteiger partial charge < -0.3 is 9.64 Å². The monoisotopic (exact) mass is 328 g/mol. The van der Waals surface area contributed by atoms with Crippen LogP contribution in [-0.4, -0.2) is 52.2 Å². The molecule has 1 heterocycles. The highest BCUT2D eigenvalue weighted by Gasteiger charge is 2.33. The Kier molecular flexibility index (Phi) is 7.45. The van der Waals surface area contributed by atoms with Gasteiger partial charge in [-0.05, 0) is 39.1 Å². The van der Waals surface area contributed by atoms with Gasteiger partial charge in [-0.2, -0.15) is 0 Å². The second kappa shape index (κ2) is 8.84. The van der Waals surface area contributed by atoms with E-state index in [1.54, 1.807) is 13.0 Å². The number of rotatable bonds is 7. The molecule has 0 aromatic rings. The molecule has 0 aromatic heterocycles. The van der Waals surface area contributed by atoms with E-state index in [1.165, 1.54) is 16.7 Å². The Morgan fingerprint density at radius 1 is 1.38 bits per heavy atom. The summed E-state index contributed by atoms with van der Waals surface area (Å²) < 4.78 is 5.22. The summed E-state index contributed by atoms with van der Waals surface area (Å²) in [7, 11) is 0. The number of hydrogen-bond acceptors (Lipinski definition) is 6. The summed E-state index contributed by atoms with van der Waals surface area (Å²) in [6.45, 7) is 7.82. The Bertz CT molecular complexity index is 471. The van der Waals surface area contributed by atoms with Crippen LogP contribution in [0.5, 0.6) is 0 Å². The Morgan fingerprint density at radius 2 is 2.05 bits per heavy atom. The molecular weight excluding hydrogens is 308 g/mol. The van der Waals surface area contributed by atoms with E-state index in [2.05, 4.69) is 18.7 Å². The summed E-state index contributed by atoms with van der Waals surface area (Å²) in [5.41, 5.74) is 0. The first-order chi connectivity index (χ1) is 10.0. The number of thiocarbonyl (C=S) groups is 1. The predicted molar refractivity (Wildman–Crippen MR) is 88.7 cm³/mol. The summed E-state index contributed by atoms with van der Waals surface area (Å²) in [5.74, 6) is -0.698. The second-order valence-electron chi connectivity index (χ2n) is 4.16. The van der Waals surface area contributed by atoms with Gasteiger partial charge in [-0.25, -0.2) is 0 Å². The average molecular weight is 328 g/mol. The van der Waals surface area contributed by atoms with E-state index in [4.69, 9.17) is 17.0 Å². The van der Waals surface area contributed by atoms with Gasteiger partial charge in [-0.1, -0.05) is 24.0 Å². The molecule has 0 unspecified atom stereocenters. The number of allylic oxidation sites excluding steroid dienone is 2. The molecule has 0 spiro atoms. The van der Waals surface area contributed by atoms with Crippen molar-refractivity contribution in [2.24, 2.45) is 0 Å². The molecular formula is C14H20N2O3S2. The zero-order valence-corrected chi connectivity index (χ0v) is 14.1. The molecule has 0 bridgehead atoms. The average Bonchev–Trinajstić information content (AvgIpc) is 2.71. The van der Waals surface area contributed by atoms with Crippen LogP contribution >= 0.6 is 24.0 Å². The van der Waals surface area contributed by atoms with Crippen LogP contribution in [0.3, 0.4) is 0 Å². The fourth-order valence-corrected chi connectivity index (χ4v) is 2.88. The molecule has 0 atom stereocenters. The van der Waals surface area contributed by atoms with Crippen molar-refractivity contribution in [2.75, 3.05) is 26.2 Å². The van der Waals surface area contributed by atoms with E-state index < -0.39 is 5.97 Å². The number of thioether (sulfide) groups is 1. The smallest absolute Gasteiger partial charge is 0.326 e. The van der Waals surface area contributed by atoms with Crippen molar-refractivity contribution in [3.63, 3.8) is 0 Å². The number of carbonyl (C=O) groups excluding carboxylic acids is 2. The Balaban J connectivity index is 2.69.